The van der Waals surface area contributed by atoms with Crippen LogP contribution >= 0.6 is 11.8 Å². The molecule has 3 aromatic rings. The third kappa shape index (κ3) is 4.03. The minimum absolute atomic E-state index is 0.152. The lowest BCUT2D eigenvalue weighted by Crippen LogP contribution is -2.24. The third-order valence-electron chi connectivity index (χ3n) is 3.85. The molecule has 0 saturated heterocycles. The van der Waals surface area contributed by atoms with Crippen molar-refractivity contribution in [3.05, 3.63) is 53.8 Å². The van der Waals surface area contributed by atoms with Crippen LogP contribution < -0.4 is 14.8 Å². The second-order valence-corrected chi connectivity index (χ2v) is 6.64. The van der Waals surface area contributed by atoms with Crippen molar-refractivity contribution in [2.75, 3.05) is 12.5 Å². The van der Waals surface area contributed by atoms with Crippen LogP contribution in [0.2, 0.25) is 0 Å². The maximum absolute atomic E-state index is 13.8. The molecule has 0 unspecified atom stereocenters. The SMILES string of the molecule is O=C(CSc1n[nH]c(-c2ccccc2F)n1)NCc1ccc2c(c1)OCO2. The van der Waals surface area contributed by atoms with Gasteiger partial charge in [0.1, 0.15) is 5.82 Å². The molecule has 27 heavy (non-hydrogen) atoms. The van der Waals surface area contributed by atoms with Gasteiger partial charge in [-0.05, 0) is 29.8 Å². The van der Waals surface area contributed by atoms with Crippen LogP contribution in [0.15, 0.2) is 47.6 Å². The summed E-state index contributed by atoms with van der Waals surface area (Å²) in [6.07, 6.45) is 0. The van der Waals surface area contributed by atoms with Crippen LogP contribution in [0.4, 0.5) is 4.39 Å². The van der Waals surface area contributed by atoms with Crippen molar-refractivity contribution in [1.29, 1.82) is 0 Å². The second-order valence-electron chi connectivity index (χ2n) is 5.70. The molecule has 7 nitrogen and oxygen atoms in total. The summed E-state index contributed by atoms with van der Waals surface area (Å²) in [5, 5.41) is 9.91. The number of thioether (sulfide) groups is 1. The molecular formula is C18H15FN4O3S. The average molecular weight is 386 g/mol. The highest BCUT2D eigenvalue weighted by Crippen LogP contribution is 2.32. The van der Waals surface area contributed by atoms with E-state index in [2.05, 4.69) is 20.5 Å². The van der Waals surface area contributed by atoms with E-state index in [1.807, 2.05) is 18.2 Å². The Hall–Kier alpha value is -3.07. The first kappa shape index (κ1) is 17.3. The molecular weight excluding hydrogens is 371 g/mol. The van der Waals surface area contributed by atoms with Gasteiger partial charge in [0.05, 0.1) is 11.3 Å². The standard InChI is InChI=1S/C18H15FN4O3S/c19-13-4-2-1-3-12(13)17-21-18(23-22-17)27-9-16(24)20-8-11-5-6-14-15(7-11)26-10-25-14/h1-7H,8-10H2,(H,20,24)(H,21,22,23). The molecule has 1 amide bonds. The molecule has 1 aromatic heterocycles. The van der Waals surface area contributed by atoms with Gasteiger partial charge in [-0.2, -0.15) is 0 Å². The number of nitrogens with zero attached hydrogens (tertiary/aromatic N) is 2. The molecule has 0 spiro atoms. The largest absolute Gasteiger partial charge is 0.454 e. The van der Waals surface area contributed by atoms with E-state index < -0.39 is 0 Å². The Bertz CT molecular complexity index is 979. The van der Waals surface area contributed by atoms with E-state index in [4.69, 9.17) is 9.47 Å². The number of hydrogen-bond donors (Lipinski definition) is 2. The fourth-order valence-electron chi connectivity index (χ4n) is 2.52. The van der Waals surface area contributed by atoms with Crippen molar-refractivity contribution in [3.8, 4) is 22.9 Å². The van der Waals surface area contributed by atoms with Crippen molar-refractivity contribution in [2.24, 2.45) is 0 Å². The molecule has 0 fully saturated rings. The number of carbonyl (C=O) groups excluding carboxylic acids is 1. The fraction of sp³-hybridized carbons (Fsp3) is 0.167. The van der Waals surface area contributed by atoms with Gasteiger partial charge in [0.25, 0.3) is 0 Å². The smallest absolute Gasteiger partial charge is 0.231 e. The predicted molar refractivity (Wildman–Crippen MR) is 96.9 cm³/mol. The zero-order valence-corrected chi connectivity index (χ0v) is 14.9. The molecule has 1 aliphatic heterocycles. The Balaban J connectivity index is 1.29. The van der Waals surface area contributed by atoms with Crippen molar-refractivity contribution in [1.82, 2.24) is 20.5 Å². The number of aromatic nitrogens is 3. The summed E-state index contributed by atoms with van der Waals surface area (Å²) >= 11 is 1.17. The normalized spacial score (nSPS) is 12.2. The van der Waals surface area contributed by atoms with Crippen LogP contribution in [0.25, 0.3) is 11.4 Å². The van der Waals surface area contributed by atoms with Crippen molar-refractivity contribution in [2.45, 2.75) is 11.7 Å². The van der Waals surface area contributed by atoms with E-state index in [1.54, 1.807) is 18.2 Å². The summed E-state index contributed by atoms with van der Waals surface area (Å²) in [5.74, 6) is 1.32. The summed E-state index contributed by atoms with van der Waals surface area (Å²) in [6.45, 7) is 0.595. The number of fused-ring (bicyclic) bond motifs is 1. The van der Waals surface area contributed by atoms with E-state index >= 15 is 0 Å². The van der Waals surface area contributed by atoms with Crippen LogP contribution in [-0.2, 0) is 11.3 Å². The average Bonchev–Trinajstić information content (AvgIpc) is 3.34. The fourth-order valence-corrected chi connectivity index (χ4v) is 3.15. The number of ether oxygens (including phenoxy) is 2. The molecule has 2 heterocycles. The van der Waals surface area contributed by atoms with Crippen LogP contribution in [0.3, 0.4) is 0 Å². The monoisotopic (exact) mass is 386 g/mol. The van der Waals surface area contributed by atoms with Gasteiger partial charge in [-0.25, -0.2) is 9.37 Å². The Morgan fingerprint density at radius 2 is 2.07 bits per heavy atom. The summed E-state index contributed by atoms with van der Waals surface area (Å²) in [7, 11) is 0. The van der Waals surface area contributed by atoms with Gasteiger partial charge in [-0.15, -0.1) is 5.10 Å². The summed E-state index contributed by atoms with van der Waals surface area (Å²) < 4.78 is 24.3. The van der Waals surface area contributed by atoms with Gasteiger partial charge in [0.2, 0.25) is 17.9 Å². The van der Waals surface area contributed by atoms with E-state index in [-0.39, 0.29) is 24.3 Å². The van der Waals surface area contributed by atoms with Crippen LogP contribution in [0.5, 0.6) is 11.5 Å². The quantitative estimate of drug-likeness (QED) is 0.634. The number of hydrogen-bond acceptors (Lipinski definition) is 6. The van der Waals surface area contributed by atoms with Gasteiger partial charge < -0.3 is 14.8 Å². The maximum atomic E-state index is 13.8. The zero-order valence-electron chi connectivity index (χ0n) is 14.1. The third-order valence-corrected chi connectivity index (χ3v) is 4.70. The molecule has 2 N–H and O–H groups in total. The van der Waals surface area contributed by atoms with Crippen LogP contribution in [0, 0.1) is 5.82 Å². The van der Waals surface area contributed by atoms with Crippen LogP contribution in [0.1, 0.15) is 5.56 Å². The highest BCUT2D eigenvalue weighted by molar-refractivity contribution is 7.99. The minimum atomic E-state index is -0.383. The zero-order chi connectivity index (χ0) is 18.6. The number of benzene rings is 2. The first-order valence-corrected chi connectivity index (χ1v) is 9.13. The lowest BCUT2D eigenvalue weighted by molar-refractivity contribution is -0.118. The summed E-state index contributed by atoms with van der Waals surface area (Å²) in [5.41, 5.74) is 1.25. The Kier molecular flexibility index (Phi) is 4.93. The number of halogens is 1. The molecule has 0 radical (unpaired) electrons. The van der Waals surface area contributed by atoms with Crippen LogP contribution in [-0.4, -0.2) is 33.6 Å². The van der Waals surface area contributed by atoms with E-state index in [1.165, 1.54) is 17.8 Å². The first-order chi connectivity index (χ1) is 13.2. The molecule has 4 rings (SSSR count). The molecule has 138 valence electrons. The number of carbonyl (C=O) groups is 1. The summed E-state index contributed by atoms with van der Waals surface area (Å²) in [4.78, 5) is 16.3. The molecule has 0 saturated carbocycles. The lowest BCUT2D eigenvalue weighted by Gasteiger charge is -2.05. The predicted octanol–water partition coefficient (Wildman–Crippen LogP) is 2.75. The summed E-state index contributed by atoms with van der Waals surface area (Å²) in [6, 6.07) is 11.8. The number of amides is 1. The Morgan fingerprint density at radius 1 is 1.22 bits per heavy atom. The lowest BCUT2D eigenvalue weighted by atomic mass is 10.2. The van der Waals surface area contributed by atoms with Gasteiger partial charge in [0, 0.05) is 6.54 Å². The minimum Gasteiger partial charge on any atom is -0.454 e. The number of rotatable bonds is 6. The Labute approximate surface area is 158 Å². The topological polar surface area (TPSA) is 89.1 Å². The van der Waals surface area contributed by atoms with E-state index in [0.717, 1.165) is 5.56 Å². The first-order valence-electron chi connectivity index (χ1n) is 8.14. The van der Waals surface area contributed by atoms with Gasteiger partial charge in [0.15, 0.2) is 17.3 Å². The second kappa shape index (κ2) is 7.67. The molecule has 2 aromatic carbocycles. The van der Waals surface area contributed by atoms with Crippen molar-refractivity contribution < 1.29 is 18.7 Å². The van der Waals surface area contributed by atoms with Crippen molar-refractivity contribution >= 4 is 17.7 Å². The highest BCUT2D eigenvalue weighted by Gasteiger charge is 2.14. The van der Waals surface area contributed by atoms with Gasteiger partial charge >= 0.3 is 0 Å². The number of aromatic amines is 1. The van der Waals surface area contributed by atoms with Gasteiger partial charge in [-0.1, -0.05) is 30.0 Å². The van der Waals surface area contributed by atoms with E-state index in [9.17, 15) is 9.18 Å². The molecule has 1 aliphatic rings. The van der Waals surface area contributed by atoms with Gasteiger partial charge in [-0.3, -0.25) is 9.89 Å². The maximum Gasteiger partial charge on any atom is 0.231 e. The molecule has 0 bridgehead atoms. The highest BCUT2D eigenvalue weighted by atomic mass is 32.2. The Morgan fingerprint density at radius 3 is 2.96 bits per heavy atom. The van der Waals surface area contributed by atoms with Crippen molar-refractivity contribution in [3.63, 3.8) is 0 Å². The molecule has 0 atom stereocenters. The number of H-pyrrole nitrogens is 1. The molecule has 9 heteroatoms. The number of nitrogens with one attached hydrogen (secondary N) is 2. The van der Waals surface area contributed by atoms with E-state index in [0.29, 0.717) is 34.6 Å². The molecule has 0 aliphatic carbocycles.